The molecule has 0 aliphatic carbocycles. The molecule has 196 valence electrons. The maximum atomic E-state index is 12.9. The van der Waals surface area contributed by atoms with Crippen LogP contribution >= 0.6 is 24.0 Å². The van der Waals surface area contributed by atoms with Gasteiger partial charge in [-0.25, -0.2) is 9.79 Å². The maximum absolute atomic E-state index is 12.9. The predicted octanol–water partition coefficient (Wildman–Crippen LogP) is 0.416. The van der Waals surface area contributed by atoms with Gasteiger partial charge in [-0.15, -0.1) is 0 Å². The quantitative estimate of drug-likeness (QED) is 0.139. The summed E-state index contributed by atoms with van der Waals surface area (Å²) in [6.07, 6.45) is -7.13. The number of nitro benzene ring substituents is 1. The average Bonchev–Trinajstić information content (AvgIpc) is 3.29. The number of hydrogen-bond acceptors (Lipinski definition) is 12. The highest BCUT2D eigenvalue weighted by molar-refractivity contribution is 8.23. The molecule has 2 aromatic rings. The summed E-state index contributed by atoms with van der Waals surface area (Å²) in [5.41, 5.74) is 0.943. The Bertz CT molecular complexity index is 1180. The van der Waals surface area contributed by atoms with Crippen LogP contribution in [0.3, 0.4) is 0 Å². The number of ether oxygens (including phenoxy) is 2. The molecule has 0 amide bonds. The largest absolute Gasteiger partial charge is 0.406 e. The molecule has 37 heavy (non-hydrogen) atoms. The third-order valence-corrected chi connectivity index (χ3v) is 7.34. The minimum absolute atomic E-state index is 0.0313. The highest BCUT2D eigenvalue weighted by Gasteiger charge is 2.44. The standard InChI is InChI=1S/C23H23N3O9S2/c27-10-14-16(28)17(29)18(30)21(34-14)25-23(36)37-19(11-6-8-13(9-7-11)26(32)33)15-22(31)35-20(24-15)12-4-2-1-3-5-12/h1-9,14-19,21,27-30H,10H2,(H,25,36)/t14-,15-,16+,17+,18-,19+,21-/m1/s1. The number of nitrogens with zero attached hydrogens (tertiary/aromatic N) is 2. The van der Waals surface area contributed by atoms with Crippen molar-refractivity contribution < 1.29 is 39.6 Å². The SMILES string of the molecule is O=C1OC(c2ccccc2)=N[C@@H]1[C@@H](SC(=S)N[C@@H]1O[C@H](CO)[C@H](O)[C@H](O)[C@H]1O)c1ccc([N+](=O)[O-])cc1. The fourth-order valence-electron chi connectivity index (χ4n) is 3.85. The molecule has 12 nitrogen and oxygen atoms in total. The molecule has 2 heterocycles. The van der Waals surface area contributed by atoms with E-state index < -0.39 is 59.4 Å². The van der Waals surface area contributed by atoms with E-state index in [4.69, 9.17) is 21.7 Å². The van der Waals surface area contributed by atoms with E-state index in [0.29, 0.717) is 11.1 Å². The first-order valence-electron chi connectivity index (χ1n) is 11.1. The molecule has 2 aromatic carbocycles. The van der Waals surface area contributed by atoms with Gasteiger partial charge in [-0.1, -0.05) is 54.3 Å². The van der Waals surface area contributed by atoms with Gasteiger partial charge >= 0.3 is 5.97 Å². The summed E-state index contributed by atoms with van der Waals surface area (Å²) in [4.78, 5) is 27.9. The van der Waals surface area contributed by atoms with Crippen molar-refractivity contribution in [3.8, 4) is 0 Å². The summed E-state index contributed by atoms with van der Waals surface area (Å²) < 4.78 is 10.9. The summed E-state index contributed by atoms with van der Waals surface area (Å²) >= 11 is 6.38. The van der Waals surface area contributed by atoms with Gasteiger partial charge in [-0.2, -0.15) is 0 Å². The number of nitro groups is 1. The lowest BCUT2D eigenvalue weighted by Crippen LogP contribution is -2.62. The lowest BCUT2D eigenvalue weighted by Gasteiger charge is -2.40. The molecule has 2 aliphatic heterocycles. The second-order valence-corrected chi connectivity index (χ2v) is 10.1. The maximum Gasteiger partial charge on any atom is 0.339 e. The zero-order valence-corrected chi connectivity index (χ0v) is 20.6. The van der Waals surface area contributed by atoms with Crippen molar-refractivity contribution in [2.24, 2.45) is 4.99 Å². The van der Waals surface area contributed by atoms with Crippen molar-refractivity contribution in [2.75, 3.05) is 6.61 Å². The molecule has 0 radical (unpaired) electrons. The number of aliphatic hydroxyl groups excluding tert-OH is 4. The number of hydrogen-bond donors (Lipinski definition) is 5. The van der Waals surface area contributed by atoms with E-state index in [9.17, 15) is 35.3 Å². The van der Waals surface area contributed by atoms with Crippen molar-refractivity contribution in [1.29, 1.82) is 0 Å². The number of esters is 1. The van der Waals surface area contributed by atoms with Gasteiger partial charge in [0, 0.05) is 17.7 Å². The van der Waals surface area contributed by atoms with Crippen molar-refractivity contribution in [1.82, 2.24) is 5.32 Å². The van der Waals surface area contributed by atoms with E-state index in [1.165, 1.54) is 24.3 Å². The molecule has 5 N–H and O–H groups in total. The highest BCUT2D eigenvalue weighted by Crippen LogP contribution is 2.38. The summed E-state index contributed by atoms with van der Waals surface area (Å²) in [5.74, 6) is -0.527. The first-order chi connectivity index (χ1) is 17.7. The molecule has 0 aromatic heterocycles. The van der Waals surface area contributed by atoms with Gasteiger partial charge in [-0.05, 0) is 17.7 Å². The minimum Gasteiger partial charge on any atom is -0.406 e. The van der Waals surface area contributed by atoms with Gasteiger partial charge in [-0.3, -0.25) is 10.1 Å². The number of rotatable bonds is 7. The first-order valence-corrected chi connectivity index (χ1v) is 12.4. The number of thiocarbonyl (C=S) groups is 1. The third-order valence-electron chi connectivity index (χ3n) is 5.82. The summed E-state index contributed by atoms with van der Waals surface area (Å²) in [6, 6.07) is 13.3. The average molecular weight is 550 g/mol. The molecule has 2 aliphatic rings. The minimum atomic E-state index is -1.61. The smallest absolute Gasteiger partial charge is 0.339 e. The number of thioether (sulfide) groups is 1. The number of nitrogens with one attached hydrogen (secondary N) is 1. The first kappa shape index (κ1) is 27.1. The third kappa shape index (κ3) is 5.96. The van der Waals surface area contributed by atoms with Gasteiger partial charge < -0.3 is 35.2 Å². The molecular formula is C23H23N3O9S2. The Morgan fingerprint density at radius 1 is 1.11 bits per heavy atom. The van der Waals surface area contributed by atoms with E-state index in [-0.39, 0.29) is 15.9 Å². The Morgan fingerprint density at radius 3 is 2.41 bits per heavy atom. The van der Waals surface area contributed by atoms with Gasteiger partial charge in [0.05, 0.1) is 16.8 Å². The lowest BCUT2D eigenvalue weighted by atomic mass is 9.98. The molecular weight excluding hydrogens is 526 g/mol. The van der Waals surface area contributed by atoms with Crippen LogP contribution in [0.25, 0.3) is 0 Å². The van der Waals surface area contributed by atoms with Crippen molar-refractivity contribution in [3.63, 3.8) is 0 Å². The number of aliphatic imine (C=N–C) groups is 1. The van der Waals surface area contributed by atoms with Crippen LogP contribution in [0, 0.1) is 10.1 Å². The van der Waals surface area contributed by atoms with Crippen molar-refractivity contribution in [2.45, 2.75) is 41.9 Å². The van der Waals surface area contributed by atoms with Crippen LogP contribution in [0.2, 0.25) is 0 Å². The van der Waals surface area contributed by atoms with Crippen LogP contribution in [0.4, 0.5) is 5.69 Å². The fraction of sp³-hybridized carbons (Fsp3) is 0.348. The molecule has 0 unspecified atom stereocenters. The van der Waals surface area contributed by atoms with E-state index in [1.54, 1.807) is 30.3 Å². The Kier molecular flexibility index (Phi) is 8.49. The Balaban J connectivity index is 1.59. The van der Waals surface area contributed by atoms with Crippen LogP contribution in [-0.4, -0.2) is 84.8 Å². The topological polar surface area (TPSA) is 184 Å². The van der Waals surface area contributed by atoms with Crippen molar-refractivity contribution >= 4 is 45.9 Å². The van der Waals surface area contributed by atoms with Crippen LogP contribution in [0.5, 0.6) is 0 Å². The predicted molar refractivity (Wildman–Crippen MR) is 136 cm³/mol. The normalized spacial score (nSPS) is 28.2. The van der Waals surface area contributed by atoms with Crippen LogP contribution < -0.4 is 5.32 Å². The van der Waals surface area contributed by atoms with E-state index >= 15 is 0 Å². The number of aliphatic hydroxyl groups is 4. The van der Waals surface area contributed by atoms with Gasteiger partial charge in [0.2, 0.25) is 5.90 Å². The Morgan fingerprint density at radius 2 is 1.78 bits per heavy atom. The molecule has 0 saturated carbocycles. The number of benzene rings is 2. The van der Waals surface area contributed by atoms with E-state index in [2.05, 4.69) is 10.3 Å². The number of cyclic esters (lactones) is 1. The number of carbonyl (C=O) groups excluding carboxylic acids is 1. The van der Waals surface area contributed by atoms with Gasteiger partial charge in [0.25, 0.3) is 5.69 Å². The molecule has 7 atom stereocenters. The van der Waals surface area contributed by atoms with Gasteiger partial charge in [0.15, 0.2) is 12.3 Å². The van der Waals surface area contributed by atoms with E-state index in [1.807, 2.05) is 0 Å². The molecule has 0 spiro atoms. The lowest BCUT2D eigenvalue weighted by molar-refractivity contribution is -0.384. The highest BCUT2D eigenvalue weighted by atomic mass is 32.2. The van der Waals surface area contributed by atoms with E-state index in [0.717, 1.165) is 11.8 Å². The molecule has 1 fully saturated rings. The molecule has 14 heteroatoms. The molecule has 4 rings (SSSR count). The molecule has 1 saturated heterocycles. The Hall–Kier alpha value is -2.98. The van der Waals surface area contributed by atoms with Crippen LogP contribution in [0.1, 0.15) is 16.4 Å². The molecule has 0 bridgehead atoms. The van der Waals surface area contributed by atoms with Crippen molar-refractivity contribution in [3.05, 3.63) is 75.8 Å². The zero-order chi connectivity index (χ0) is 26.7. The fourth-order valence-corrected chi connectivity index (χ4v) is 5.29. The zero-order valence-electron chi connectivity index (χ0n) is 19.0. The summed E-state index contributed by atoms with van der Waals surface area (Å²) in [6.45, 7) is -0.612. The Labute approximate surface area is 220 Å². The summed E-state index contributed by atoms with van der Waals surface area (Å²) in [7, 11) is 0. The second kappa shape index (κ2) is 11.6. The van der Waals surface area contributed by atoms with Gasteiger partial charge in [0.1, 0.15) is 28.7 Å². The number of non-ortho nitro benzene ring substituents is 1. The second-order valence-electron chi connectivity index (χ2n) is 8.23. The monoisotopic (exact) mass is 549 g/mol. The van der Waals surface area contributed by atoms with Crippen LogP contribution in [-0.2, 0) is 14.3 Å². The summed E-state index contributed by atoms with van der Waals surface area (Å²) in [5, 5.41) is 52.8. The van der Waals surface area contributed by atoms with Crippen LogP contribution in [0.15, 0.2) is 59.6 Å². The number of carbonyl (C=O) groups is 1.